The Morgan fingerprint density at radius 1 is 0.521 bits per heavy atom. The van der Waals surface area contributed by atoms with Gasteiger partial charge in [0.2, 0.25) is 0 Å². The molecule has 6 saturated heterocycles. The van der Waals surface area contributed by atoms with E-state index in [0.29, 0.717) is 54.3 Å². The minimum absolute atomic E-state index is 0.0671. The molecule has 1 spiro atoms. The standard InChI is InChI=1S/C51H84O22/c1-20-8-13-51(66-17-20)21(2)32-28(73-51)15-27-25-7-6-23-14-24(9-11-49(23,4)26(25)10-12-50(27,32)5)68-47-43(63)39(59)44(31(71-47)19-65-46-41(61)37(57)34(54)29(16-52)69-46)72-48-42(62)38(58)35(55)30(70-48)18-64-45-40(60)36(56)33(53)22(3)67-45/h20-48,52-63H,6-19H2,1-5H3/t20-,21-,22-,23+,24-,25+,26-,27-,28-,29+,30+,31+,32-,33-,34-,35-,36+,37-,38-,39+,40+,41+,42+,43+,44-,45+,46+,47+,48-,49-,50-,51+/m0/s1. The average molecular weight is 1050 g/mol. The summed E-state index contributed by atoms with van der Waals surface area (Å²) in [5, 5.41) is 129. The van der Waals surface area contributed by atoms with Gasteiger partial charge in [0.25, 0.3) is 0 Å². The molecule has 4 saturated carbocycles. The van der Waals surface area contributed by atoms with Crippen LogP contribution >= 0.6 is 0 Å². The summed E-state index contributed by atoms with van der Waals surface area (Å²) < 4.78 is 61.0. The number of fused-ring (bicyclic) bond motifs is 7. The van der Waals surface area contributed by atoms with Crippen molar-refractivity contribution in [3.63, 3.8) is 0 Å². The molecule has 10 aliphatic rings. The molecule has 0 amide bonds. The second-order valence-electron chi connectivity index (χ2n) is 24.4. The zero-order valence-electron chi connectivity index (χ0n) is 42.6. The van der Waals surface area contributed by atoms with Crippen molar-refractivity contribution in [2.24, 2.45) is 52.3 Å². The monoisotopic (exact) mass is 1050 g/mol. The molecule has 12 N–H and O–H groups in total. The van der Waals surface area contributed by atoms with Gasteiger partial charge in [0.1, 0.15) is 91.6 Å². The topological polar surface area (TPSA) is 335 Å². The lowest BCUT2D eigenvalue weighted by molar-refractivity contribution is -0.374. The summed E-state index contributed by atoms with van der Waals surface area (Å²) in [7, 11) is 0. The van der Waals surface area contributed by atoms with Gasteiger partial charge < -0.3 is 109 Å². The third-order valence-electron chi connectivity index (χ3n) is 20.3. The molecule has 4 aliphatic carbocycles. The minimum Gasteiger partial charge on any atom is -0.394 e. The highest BCUT2D eigenvalue weighted by Gasteiger charge is 2.69. The van der Waals surface area contributed by atoms with Crippen molar-refractivity contribution in [3.8, 4) is 0 Å². The normalized spacial score (nSPS) is 58.2. The molecule has 0 aromatic heterocycles. The fourth-order valence-electron chi connectivity index (χ4n) is 15.9. The maximum Gasteiger partial charge on any atom is 0.187 e. The van der Waals surface area contributed by atoms with E-state index in [4.69, 9.17) is 47.4 Å². The van der Waals surface area contributed by atoms with E-state index in [9.17, 15) is 61.3 Å². The van der Waals surface area contributed by atoms with Crippen molar-refractivity contribution in [3.05, 3.63) is 0 Å². The summed E-state index contributed by atoms with van der Waals surface area (Å²) in [4.78, 5) is 0. The van der Waals surface area contributed by atoms with E-state index < -0.39 is 148 Å². The lowest BCUT2D eigenvalue weighted by atomic mass is 9.44. The molecule has 0 aromatic rings. The molecule has 73 heavy (non-hydrogen) atoms. The molecule has 0 bridgehead atoms. The van der Waals surface area contributed by atoms with Gasteiger partial charge in [0.15, 0.2) is 30.9 Å². The molecule has 22 heteroatoms. The zero-order chi connectivity index (χ0) is 52.2. The van der Waals surface area contributed by atoms with Crippen LogP contribution in [0.2, 0.25) is 0 Å². The van der Waals surface area contributed by atoms with Crippen LogP contribution in [0.25, 0.3) is 0 Å². The van der Waals surface area contributed by atoms with E-state index in [-0.39, 0.29) is 23.0 Å². The number of rotatable bonds is 11. The van der Waals surface area contributed by atoms with Crippen molar-refractivity contribution >= 4 is 0 Å². The molecular weight excluding hydrogens is 965 g/mol. The third-order valence-corrected chi connectivity index (χ3v) is 20.3. The van der Waals surface area contributed by atoms with Crippen molar-refractivity contribution in [2.75, 3.05) is 26.4 Å². The van der Waals surface area contributed by atoms with Crippen LogP contribution in [0.3, 0.4) is 0 Å². The maximum atomic E-state index is 11.9. The van der Waals surface area contributed by atoms with E-state index in [1.165, 1.54) is 6.92 Å². The predicted molar refractivity (Wildman–Crippen MR) is 247 cm³/mol. The number of aliphatic hydroxyl groups is 12. The van der Waals surface area contributed by atoms with Crippen LogP contribution in [0.5, 0.6) is 0 Å². The average Bonchev–Trinajstić information content (AvgIpc) is 3.82. The summed E-state index contributed by atoms with van der Waals surface area (Å²) in [5.41, 5.74) is 0.255. The molecule has 10 rings (SSSR count). The second kappa shape index (κ2) is 21.3. The van der Waals surface area contributed by atoms with Crippen LogP contribution in [0.4, 0.5) is 0 Å². The van der Waals surface area contributed by atoms with Crippen LogP contribution < -0.4 is 0 Å². The first-order chi connectivity index (χ1) is 34.6. The number of ether oxygens (including phenoxy) is 10. The second-order valence-corrected chi connectivity index (χ2v) is 24.4. The number of aliphatic hydroxyl groups excluding tert-OH is 12. The summed E-state index contributed by atoms with van der Waals surface area (Å²) in [5.74, 6) is 2.95. The zero-order valence-corrected chi connectivity index (χ0v) is 42.6. The molecule has 6 aliphatic heterocycles. The van der Waals surface area contributed by atoms with Crippen LogP contribution in [-0.2, 0) is 47.4 Å². The Hall–Kier alpha value is -0.880. The van der Waals surface area contributed by atoms with Crippen molar-refractivity contribution in [1.82, 2.24) is 0 Å². The van der Waals surface area contributed by atoms with Gasteiger partial charge in [-0.25, -0.2) is 0 Å². The Morgan fingerprint density at radius 3 is 1.79 bits per heavy atom. The SMILES string of the molecule is C[C@H]1CC[C@@]2(OC1)O[C@H]1C[C@H]3[C@@H]4CC[C@@H]5C[C@@H](O[C@@H]6O[C@H](CO[C@@H]7O[C@H](CO)[C@H](O)[C@H](O)[C@H]7O)[C@H](O[C@@H]7O[C@H](CO[C@@H]8O[C@@H](C)[C@H](O)[C@@H](O)[C@H]8O)[C@H](O)[C@H](O)[C@H]7O)[C@H](O)[C@H]6O)CC[C@]5(C)[C@H]4CC[C@]3(C)[C@H]1[C@@H]2C. The molecule has 22 nitrogen and oxygen atoms in total. The Bertz CT molecular complexity index is 1860. The molecule has 6 heterocycles. The molecule has 420 valence electrons. The van der Waals surface area contributed by atoms with Crippen molar-refractivity contribution in [2.45, 2.75) is 240 Å². The highest BCUT2D eigenvalue weighted by atomic mass is 16.8. The first kappa shape index (κ1) is 55.4. The molecule has 32 atom stereocenters. The summed E-state index contributed by atoms with van der Waals surface area (Å²) in [6.45, 7) is 9.91. The van der Waals surface area contributed by atoms with Gasteiger partial charge in [-0.05, 0) is 111 Å². The van der Waals surface area contributed by atoms with Crippen molar-refractivity contribution < 1.29 is 109 Å². The summed E-state index contributed by atoms with van der Waals surface area (Å²) in [6.07, 6.45) is -22.7. The largest absolute Gasteiger partial charge is 0.394 e. The Kier molecular flexibility index (Phi) is 16.2. The van der Waals surface area contributed by atoms with E-state index >= 15 is 0 Å². The van der Waals surface area contributed by atoms with E-state index in [0.717, 1.165) is 58.0 Å². The maximum absolute atomic E-state index is 11.9. The molecule has 0 unspecified atom stereocenters. The predicted octanol–water partition coefficient (Wildman–Crippen LogP) is -1.88. The smallest absolute Gasteiger partial charge is 0.187 e. The molecule has 0 aromatic carbocycles. The van der Waals surface area contributed by atoms with E-state index in [1.807, 2.05) is 0 Å². The third kappa shape index (κ3) is 9.70. The Balaban J connectivity index is 0.810. The van der Waals surface area contributed by atoms with Gasteiger partial charge in [-0.15, -0.1) is 0 Å². The van der Waals surface area contributed by atoms with E-state index in [2.05, 4.69) is 27.7 Å². The number of hydrogen-bond acceptors (Lipinski definition) is 22. The fraction of sp³-hybridized carbons (Fsp3) is 1.00. The van der Waals surface area contributed by atoms with Crippen LogP contribution in [0, 0.1) is 52.3 Å². The minimum atomic E-state index is -1.95. The molecule has 10 fully saturated rings. The van der Waals surface area contributed by atoms with Gasteiger partial charge in [-0.1, -0.05) is 27.7 Å². The van der Waals surface area contributed by atoms with Gasteiger partial charge in [0, 0.05) is 12.3 Å². The van der Waals surface area contributed by atoms with Gasteiger partial charge in [-0.3, -0.25) is 0 Å². The number of hydrogen-bond donors (Lipinski definition) is 12. The summed E-state index contributed by atoms with van der Waals surface area (Å²) >= 11 is 0. The quantitative estimate of drug-likeness (QED) is 0.101. The van der Waals surface area contributed by atoms with Gasteiger partial charge in [-0.2, -0.15) is 0 Å². The highest BCUT2D eigenvalue weighted by Crippen LogP contribution is 2.71. The highest BCUT2D eigenvalue weighted by molar-refractivity contribution is 5.15. The van der Waals surface area contributed by atoms with Crippen LogP contribution in [0.1, 0.15) is 98.8 Å². The van der Waals surface area contributed by atoms with Gasteiger partial charge in [0.05, 0.1) is 44.7 Å². The Labute approximate surface area is 426 Å². The van der Waals surface area contributed by atoms with Crippen LogP contribution in [-0.4, -0.2) is 229 Å². The summed E-state index contributed by atoms with van der Waals surface area (Å²) in [6, 6.07) is 0. The fourth-order valence-corrected chi connectivity index (χ4v) is 15.9. The lowest BCUT2D eigenvalue weighted by Gasteiger charge is -2.61. The van der Waals surface area contributed by atoms with Gasteiger partial charge >= 0.3 is 0 Å². The first-order valence-electron chi connectivity index (χ1n) is 27.2. The van der Waals surface area contributed by atoms with Crippen LogP contribution in [0.15, 0.2) is 0 Å². The van der Waals surface area contributed by atoms with Crippen molar-refractivity contribution in [1.29, 1.82) is 0 Å². The lowest BCUT2D eigenvalue weighted by Crippen LogP contribution is -2.66. The molecule has 0 radical (unpaired) electrons. The molecular formula is C51H84O22. The van der Waals surface area contributed by atoms with E-state index in [1.54, 1.807) is 0 Å². The first-order valence-corrected chi connectivity index (χ1v) is 27.2. The Morgan fingerprint density at radius 2 is 1.11 bits per heavy atom.